The third-order valence-electron chi connectivity index (χ3n) is 2.39. The van der Waals surface area contributed by atoms with Gasteiger partial charge in [0, 0.05) is 6.42 Å². The van der Waals surface area contributed by atoms with E-state index >= 15 is 0 Å². The molecule has 0 amide bonds. The van der Waals surface area contributed by atoms with Gasteiger partial charge in [0.25, 0.3) is 0 Å². The Kier molecular flexibility index (Phi) is 4.51. The van der Waals surface area contributed by atoms with Gasteiger partial charge in [-0.15, -0.1) is 11.3 Å². The highest BCUT2D eigenvalue weighted by Crippen LogP contribution is 2.21. The van der Waals surface area contributed by atoms with Gasteiger partial charge in [0.15, 0.2) is 5.69 Å². The first kappa shape index (κ1) is 13.5. The molecule has 0 aliphatic rings. The van der Waals surface area contributed by atoms with Gasteiger partial charge in [0.05, 0.1) is 24.9 Å². The summed E-state index contributed by atoms with van der Waals surface area (Å²) in [5.74, 6) is 1.000. The minimum Gasteiger partial charge on any atom is -0.461 e. The molecule has 19 heavy (non-hydrogen) atoms. The molecule has 1 N–H and O–H groups in total. The number of rotatable bonds is 6. The van der Waals surface area contributed by atoms with E-state index in [1.807, 2.05) is 6.92 Å². The number of anilines is 1. The molecule has 7 heteroatoms. The van der Waals surface area contributed by atoms with Crippen molar-refractivity contribution in [2.45, 2.75) is 26.8 Å². The molecule has 0 saturated carbocycles. The monoisotopic (exact) mass is 281 g/mol. The van der Waals surface area contributed by atoms with Crippen molar-refractivity contribution in [2.75, 3.05) is 11.9 Å². The molecule has 0 fully saturated rings. The molecular formula is C12H15N3O3S. The maximum absolute atomic E-state index is 11.6. The molecule has 2 aromatic heterocycles. The lowest BCUT2D eigenvalue weighted by atomic mass is 10.4. The van der Waals surface area contributed by atoms with Crippen molar-refractivity contribution in [3.8, 4) is 0 Å². The molecule has 2 aromatic rings. The van der Waals surface area contributed by atoms with Gasteiger partial charge in [-0.2, -0.15) is 0 Å². The smallest absolute Gasteiger partial charge is 0.360 e. The van der Waals surface area contributed by atoms with Crippen molar-refractivity contribution < 1.29 is 13.9 Å². The summed E-state index contributed by atoms with van der Waals surface area (Å²) in [6.07, 6.45) is 2.51. The molecular weight excluding hydrogens is 266 g/mol. The van der Waals surface area contributed by atoms with E-state index < -0.39 is 5.97 Å². The summed E-state index contributed by atoms with van der Waals surface area (Å²) < 4.78 is 10.4. The van der Waals surface area contributed by atoms with Gasteiger partial charge in [0.1, 0.15) is 10.8 Å². The molecule has 0 bridgehead atoms. The molecule has 0 aromatic carbocycles. The number of carbonyl (C=O) groups excluding carboxylic acids is 1. The summed E-state index contributed by atoms with van der Waals surface area (Å²) in [6, 6.07) is 0. The first-order chi connectivity index (χ1) is 9.24. The zero-order valence-electron chi connectivity index (χ0n) is 10.8. The van der Waals surface area contributed by atoms with Crippen LogP contribution in [0, 0.1) is 0 Å². The van der Waals surface area contributed by atoms with Crippen molar-refractivity contribution >= 4 is 22.3 Å². The number of carbonyl (C=O) groups is 1. The highest BCUT2D eigenvalue weighted by molar-refractivity contribution is 7.14. The van der Waals surface area contributed by atoms with E-state index in [2.05, 4.69) is 15.3 Å². The van der Waals surface area contributed by atoms with Crippen LogP contribution in [0.3, 0.4) is 0 Å². The maximum Gasteiger partial charge on any atom is 0.360 e. The number of nitrogens with one attached hydrogen (secondary N) is 1. The molecule has 102 valence electrons. The second-order valence-corrected chi connectivity index (χ2v) is 4.53. The number of ether oxygens (including phenoxy) is 1. The van der Waals surface area contributed by atoms with Crippen LogP contribution in [-0.4, -0.2) is 22.5 Å². The van der Waals surface area contributed by atoms with E-state index in [1.165, 1.54) is 11.3 Å². The minimum atomic E-state index is -0.423. The Hall–Kier alpha value is -1.89. The van der Waals surface area contributed by atoms with Crippen molar-refractivity contribution in [1.82, 2.24) is 9.97 Å². The Morgan fingerprint density at radius 2 is 2.32 bits per heavy atom. The van der Waals surface area contributed by atoms with Crippen LogP contribution in [0.5, 0.6) is 0 Å². The van der Waals surface area contributed by atoms with Gasteiger partial charge in [-0.25, -0.2) is 14.8 Å². The molecule has 2 rings (SSSR count). The summed E-state index contributed by atoms with van der Waals surface area (Å²) in [5, 5.41) is 3.75. The van der Waals surface area contributed by atoms with Gasteiger partial charge in [-0.1, -0.05) is 6.92 Å². The Labute approximate surface area is 114 Å². The number of aromatic nitrogens is 2. The normalized spacial score (nSPS) is 10.4. The first-order valence-corrected chi connectivity index (χ1v) is 6.90. The average molecular weight is 281 g/mol. The van der Waals surface area contributed by atoms with Gasteiger partial charge in [-0.3, -0.25) is 0 Å². The molecule has 0 saturated heterocycles. The van der Waals surface area contributed by atoms with E-state index in [9.17, 15) is 4.79 Å². The molecule has 0 radical (unpaired) electrons. The van der Waals surface area contributed by atoms with Crippen LogP contribution in [0.2, 0.25) is 0 Å². The van der Waals surface area contributed by atoms with E-state index in [1.54, 1.807) is 18.6 Å². The number of nitrogens with zero attached hydrogens (tertiary/aromatic N) is 2. The summed E-state index contributed by atoms with van der Waals surface area (Å²) in [7, 11) is 0. The fraction of sp³-hybridized carbons (Fsp3) is 0.417. The van der Waals surface area contributed by atoms with Crippen LogP contribution >= 0.6 is 11.3 Å². The lowest BCUT2D eigenvalue weighted by molar-refractivity contribution is 0.0521. The van der Waals surface area contributed by atoms with Crippen LogP contribution in [-0.2, 0) is 17.7 Å². The van der Waals surface area contributed by atoms with E-state index in [-0.39, 0.29) is 0 Å². The first-order valence-electron chi connectivity index (χ1n) is 6.02. The molecule has 0 spiro atoms. The summed E-state index contributed by atoms with van der Waals surface area (Å²) >= 11 is 1.34. The number of hydrogen-bond acceptors (Lipinski definition) is 7. The third-order valence-corrected chi connectivity index (χ3v) is 3.17. The Balaban J connectivity index is 1.99. The van der Waals surface area contributed by atoms with Crippen molar-refractivity contribution in [3.05, 3.63) is 29.1 Å². The van der Waals surface area contributed by atoms with Gasteiger partial charge < -0.3 is 14.5 Å². The molecule has 0 aliphatic heterocycles. The highest BCUT2D eigenvalue weighted by Gasteiger charge is 2.16. The lowest BCUT2D eigenvalue weighted by Crippen LogP contribution is -2.09. The molecule has 0 atom stereocenters. The quantitative estimate of drug-likeness (QED) is 0.820. The number of hydrogen-bond donors (Lipinski definition) is 1. The third kappa shape index (κ3) is 3.31. The molecule has 0 unspecified atom stereocenters. The molecule has 0 aliphatic carbocycles. The lowest BCUT2D eigenvalue weighted by Gasteiger charge is -2.03. The topological polar surface area (TPSA) is 77.2 Å². The zero-order chi connectivity index (χ0) is 13.7. The molecule has 2 heterocycles. The predicted octanol–water partition coefficient (Wildman–Crippen LogP) is 2.48. The summed E-state index contributed by atoms with van der Waals surface area (Å²) in [6.45, 7) is 4.50. The second-order valence-electron chi connectivity index (χ2n) is 3.68. The standard InChI is InChI=1S/C12H15N3O3S/c1-3-8-5-13-9(18-8)6-14-11-10(15-7-19-11)12(16)17-4-2/h5,7,14H,3-4,6H2,1-2H3. The van der Waals surface area contributed by atoms with Crippen LogP contribution < -0.4 is 5.32 Å². The molecule has 6 nitrogen and oxygen atoms in total. The predicted molar refractivity (Wildman–Crippen MR) is 71.3 cm³/mol. The van der Waals surface area contributed by atoms with E-state index in [0.717, 1.165) is 12.2 Å². The number of aryl methyl sites for hydroxylation is 1. The Morgan fingerprint density at radius 1 is 1.47 bits per heavy atom. The van der Waals surface area contributed by atoms with Crippen LogP contribution in [0.1, 0.15) is 36.0 Å². The van der Waals surface area contributed by atoms with Crippen LogP contribution in [0.4, 0.5) is 5.00 Å². The number of thiazole rings is 1. The largest absolute Gasteiger partial charge is 0.461 e. The van der Waals surface area contributed by atoms with Gasteiger partial charge in [-0.05, 0) is 6.92 Å². The van der Waals surface area contributed by atoms with Crippen molar-refractivity contribution in [2.24, 2.45) is 0 Å². The number of oxazole rings is 1. The van der Waals surface area contributed by atoms with Gasteiger partial charge >= 0.3 is 5.97 Å². The van der Waals surface area contributed by atoms with E-state index in [0.29, 0.717) is 29.7 Å². The highest BCUT2D eigenvalue weighted by atomic mass is 32.1. The Bertz CT molecular complexity index is 550. The maximum atomic E-state index is 11.6. The Morgan fingerprint density at radius 3 is 3.00 bits per heavy atom. The zero-order valence-corrected chi connectivity index (χ0v) is 11.6. The summed E-state index contributed by atoms with van der Waals surface area (Å²) in [5.41, 5.74) is 1.90. The van der Waals surface area contributed by atoms with E-state index in [4.69, 9.17) is 9.15 Å². The SMILES string of the molecule is CCOC(=O)c1ncsc1NCc1ncc(CC)o1. The van der Waals surface area contributed by atoms with Crippen LogP contribution in [0.25, 0.3) is 0 Å². The van der Waals surface area contributed by atoms with Crippen molar-refractivity contribution in [1.29, 1.82) is 0 Å². The minimum absolute atomic E-state index is 0.300. The van der Waals surface area contributed by atoms with Gasteiger partial charge in [0.2, 0.25) is 5.89 Å². The number of esters is 1. The average Bonchev–Trinajstić information content (AvgIpc) is 3.05. The fourth-order valence-corrected chi connectivity index (χ4v) is 2.13. The summed E-state index contributed by atoms with van der Waals surface area (Å²) in [4.78, 5) is 19.8. The second kappa shape index (κ2) is 6.33. The van der Waals surface area contributed by atoms with Crippen LogP contribution in [0.15, 0.2) is 16.1 Å². The van der Waals surface area contributed by atoms with Crippen molar-refractivity contribution in [3.63, 3.8) is 0 Å². The fourth-order valence-electron chi connectivity index (χ4n) is 1.47.